The fraction of sp³-hybridized carbons (Fsp3) is 0.130. The van der Waals surface area contributed by atoms with E-state index in [2.05, 4.69) is 26.8 Å². The monoisotopic (exact) mass is 502 g/mol. The van der Waals surface area contributed by atoms with Gasteiger partial charge in [-0.15, -0.1) is 0 Å². The Bertz CT molecular complexity index is 1030. The molecule has 0 aliphatic rings. The molecule has 0 atom stereocenters. The summed E-state index contributed by atoms with van der Waals surface area (Å²) in [5.41, 5.74) is 6.22. The molecule has 0 aliphatic carbocycles. The summed E-state index contributed by atoms with van der Waals surface area (Å²) in [5.74, 6) is 0.0598. The molecule has 2 N–H and O–H groups in total. The predicted octanol–water partition coefficient (Wildman–Crippen LogP) is 4.56. The fourth-order valence-corrected chi connectivity index (χ4v) is 3.33. The molecule has 0 bridgehead atoms. The van der Waals surface area contributed by atoms with E-state index < -0.39 is 11.8 Å². The van der Waals surface area contributed by atoms with E-state index in [1.165, 1.54) is 5.56 Å². The molecule has 0 spiro atoms. The van der Waals surface area contributed by atoms with Crippen molar-refractivity contribution in [2.75, 3.05) is 13.2 Å². The molecule has 3 aromatic carbocycles. The average molecular weight is 504 g/mol. The maximum Gasteiger partial charge on any atom is 0.276 e. The molecule has 160 valence electrons. The molecule has 2 amide bonds. The Morgan fingerprint density at radius 3 is 2.35 bits per heavy atom. The van der Waals surface area contributed by atoms with Crippen LogP contribution in [0.15, 0.2) is 77.3 Å². The number of rotatable bonds is 8. The van der Waals surface area contributed by atoms with E-state index in [1.54, 1.807) is 42.5 Å². The highest BCUT2D eigenvalue weighted by Crippen LogP contribution is 2.27. The van der Waals surface area contributed by atoms with Crippen molar-refractivity contribution >= 4 is 39.3 Å². The lowest BCUT2D eigenvalue weighted by Crippen LogP contribution is -2.43. The van der Waals surface area contributed by atoms with Crippen LogP contribution in [-0.4, -0.2) is 25.0 Å². The molecular formula is C23H20BrClN2O4. The number of benzene rings is 3. The van der Waals surface area contributed by atoms with Crippen molar-refractivity contribution in [3.8, 4) is 11.5 Å². The lowest BCUT2D eigenvalue weighted by molar-refractivity contribution is -0.123. The number of nitrogens with one attached hydrogen (secondary N) is 2. The van der Waals surface area contributed by atoms with Gasteiger partial charge >= 0.3 is 0 Å². The molecule has 0 saturated heterocycles. The quantitative estimate of drug-likeness (QED) is 0.442. The Morgan fingerprint density at radius 1 is 0.903 bits per heavy atom. The van der Waals surface area contributed by atoms with E-state index in [9.17, 15) is 9.59 Å². The first kappa shape index (κ1) is 22.7. The zero-order valence-corrected chi connectivity index (χ0v) is 18.8. The van der Waals surface area contributed by atoms with Crippen LogP contribution in [0.5, 0.6) is 11.5 Å². The molecule has 31 heavy (non-hydrogen) atoms. The second-order valence-corrected chi connectivity index (χ2v) is 7.80. The van der Waals surface area contributed by atoms with Crippen LogP contribution in [0, 0.1) is 0 Å². The van der Waals surface area contributed by atoms with Crippen LogP contribution in [0.25, 0.3) is 0 Å². The number of hydrazine groups is 1. The van der Waals surface area contributed by atoms with E-state index in [-0.39, 0.29) is 6.61 Å². The molecule has 0 aliphatic heterocycles. The fourth-order valence-electron chi connectivity index (χ4n) is 2.60. The molecule has 0 aromatic heterocycles. The van der Waals surface area contributed by atoms with Crippen molar-refractivity contribution in [3.05, 3.63) is 93.4 Å². The smallest absolute Gasteiger partial charge is 0.276 e. The van der Waals surface area contributed by atoms with Crippen molar-refractivity contribution in [1.29, 1.82) is 0 Å². The third kappa shape index (κ3) is 7.31. The normalized spacial score (nSPS) is 10.3. The molecule has 8 heteroatoms. The summed E-state index contributed by atoms with van der Waals surface area (Å²) in [5, 5.41) is 0.372. The molecule has 0 fully saturated rings. The van der Waals surface area contributed by atoms with Crippen LogP contribution in [0.2, 0.25) is 5.02 Å². The highest BCUT2D eigenvalue weighted by molar-refractivity contribution is 9.10. The second kappa shape index (κ2) is 11.4. The van der Waals surface area contributed by atoms with Gasteiger partial charge in [0.15, 0.2) is 6.61 Å². The Kier molecular flexibility index (Phi) is 8.32. The first-order chi connectivity index (χ1) is 15.0. The number of amides is 2. The van der Waals surface area contributed by atoms with Crippen LogP contribution in [0.1, 0.15) is 15.9 Å². The summed E-state index contributed by atoms with van der Waals surface area (Å²) in [4.78, 5) is 24.1. The number of hydrogen-bond acceptors (Lipinski definition) is 4. The number of halogens is 2. The summed E-state index contributed by atoms with van der Waals surface area (Å²) in [6, 6.07) is 21.8. The third-order valence-electron chi connectivity index (χ3n) is 4.19. The van der Waals surface area contributed by atoms with E-state index >= 15 is 0 Å². The minimum atomic E-state index is -0.520. The molecule has 6 nitrogen and oxygen atoms in total. The molecular weight excluding hydrogens is 484 g/mol. The topological polar surface area (TPSA) is 76.7 Å². The highest BCUT2D eigenvalue weighted by atomic mass is 79.9. The lowest BCUT2D eigenvalue weighted by atomic mass is 10.2. The van der Waals surface area contributed by atoms with Crippen molar-refractivity contribution in [2.24, 2.45) is 0 Å². The SMILES string of the molecule is O=C(COc1ccc(Br)cc1Cl)NNC(=O)c1ccc(OCCc2ccccc2)cc1. The Hall–Kier alpha value is -3.03. The van der Waals surface area contributed by atoms with Crippen molar-refractivity contribution in [2.45, 2.75) is 6.42 Å². The Morgan fingerprint density at radius 2 is 1.65 bits per heavy atom. The summed E-state index contributed by atoms with van der Waals surface area (Å²) in [6.07, 6.45) is 0.794. The second-order valence-electron chi connectivity index (χ2n) is 6.47. The Labute approximate surface area is 193 Å². The largest absolute Gasteiger partial charge is 0.493 e. The first-order valence-electron chi connectivity index (χ1n) is 9.45. The number of hydrogen-bond donors (Lipinski definition) is 2. The van der Waals surface area contributed by atoms with Gasteiger partial charge in [0.25, 0.3) is 11.8 Å². The van der Waals surface area contributed by atoms with Crippen molar-refractivity contribution < 1.29 is 19.1 Å². The van der Waals surface area contributed by atoms with E-state index in [0.717, 1.165) is 10.9 Å². The van der Waals surface area contributed by atoms with Crippen LogP contribution in [0.3, 0.4) is 0 Å². The number of carbonyl (C=O) groups is 2. The van der Waals surface area contributed by atoms with Crippen LogP contribution < -0.4 is 20.3 Å². The van der Waals surface area contributed by atoms with Gasteiger partial charge in [0, 0.05) is 16.5 Å². The lowest BCUT2D eigenvalue weighted by Gasteiger charge is -2.10. The summed E-state index contributed by atoms with van der Waals surface area (Å²) >= 11 is 9.32. The summed E-state index contributed by atoms with van der Waals surface area (Å²) in [7, 11) is 0. The number of carbonyl (C=O) groups excluding carboxylic acids is 2. The first-order valence-corrected chi connectivity index (χ1v) is 10.6. The molecule has 0 unspecified atom stereocenters. The van der Waals surface area contributed by atoms with Gasteiger partial charge in [0.1, 0.15) is 11.5 Å². The summed E-state index contributed by atoms with van der Waals surface area (Å²) in [6.45, 7) is 0.240. The zero-order valence-electron chi connectivity index (χ0n) is 16.4. The minimum absolute atomic E-state index is 0.296. The van der Waals surface area contributed by atoms with Crippen LogP contribution >= 0.6 is 27.5 Å². The van der Waals surface area contributed by atoms with Crippen LogP contribution in [0.4, 0.5) is 0 Å². The van der Waals surface area contributed by atoms with Crippen LogP contribution in [-0.2, 0) is 11.2 Å². The molecule has 0 saturated carbocycles. The zero-order chi connectivity index (χ0) is 22.1. The van der Waals surface area contributed by atoms with Gasteiger partial charge in [-0.25, -0.2) is 0 Å². The predicted molar refractivity (Wildman–Crippen MR) is 122 cm³/mol. The van der Waals surface area contributed by atoms with Gasteiger partial charge in [-0.1, -0.05) is 57.9 Å². The van der Waals surface area contributed by atoms with Gasteiger partial charge in [-0.2, -0.15) is 0 Å². The summed E-state index contributed by atoms with van der Waals surface area (Å²) < 4.78 is 11.8. The van der Waals surface area contributed by atoms with Crippen molar-refractivity contribution in [1.82, 2.24) is 10.9 Å². The third-order valence-corrected chi connectivity index (χ3v) is 4.98. The van der Waals surface area contributed by atoms with E-state index in [1.807, 2.05) is 30.3 Å². The molecule has 3 aromatic rings. The van der Waals surface area contributed by atoms with Gasteiger partial charge in [0.2, 0.25) is 0 Å². The number of ether oxygens (including phenoxy) is 2. The molecule has 0 radical (unpaired) electrons. The van der Waals surface area contributed by atoms with Gasteiger partial charge in [0.05, 0.1) is 11.6 Å². The van der Waals surface area contributed by atoms with Gasteiger partial charge in [-0.05, 0) is 48.0 Å². The molecule has 3 rings (SSSR count). The van der Waals surface area contributed by atoms with Crippen molar-refractivity contribution in [3.63, 3.8) is 0 Å². The average Bonchev–Trinajstić information content (AvgIpc) is 2.78. The standard InChI is InChI=1S/C23H20BrClN2O4/c24-18-8-11-21(20(25)14-18)31-15-22(28)26-27-23(29)17-6-9-19(10-7-17)30-13-12-16-4-2-1-3-5-16/h1-11,14H,12-13,15H2,(H,26,28)(H,27,29). The minimum Gasteiger partial charge on any atom is -0.493 e. The molecule has 0 heterocycles. The maximum absolute atomic E-state index is 12.2. The highest BCUT2D eigenvalue weighted by Gasteiger charge is 2.10. The Balaban J connectivity index is 1.40. The van der Waals surface area contributed by atoms with E-state index in [0.29, 0.717) is 28.7 Å². The maximum atomic E-state index is 12.2. The van der Waals surface area contributed by atoms with Gasteiger partial charge in [-0.3, -0.25) is 20.4 Å². The van der Waals surface area contributed by atoms with Gasteiger partial charge < -0.3 is 9.47 Å². The van der Waals surface area contributed by atoms with E-state index in [4.69, 9.17) is 21.1 Å².